The molecule has 4 rings (SSSR count). The highest BCUT2D eigenvalue weighted by atomic mass is 32.1. The number of hydrogen-bond donors (Lipinski definition) is 1. The smallest absolute Gasteiger partial charge is 0.137 e. The normalized spacial score (nSPS) is 31.2. The number of thiophene rings is 1. The lowest BCUT2D eigenvalue weighted by atomic mass is 9.95. The Labute approximate surface area is 111 Å². The van der Waals surface area contributed by atoms with E-state index in [4.69, 9.17) is 0 Å². The molecule has 18 heavy (non-hydrogen) atoms. The topological polar surface area (TPSA) is 28.2 Å². The van der Waals surface area contributed by atoms with Gasteiger partial charge in [0.05, 0.1) is 0 Å². The average molecular weight is 259 g/mol. The molecule has 3 atom stereocenters. The first-order valence-corrected chi connectivity index (χ1v) is 7.52. The van der Waals surface area contributed by atoms with E-state index < -0.39 is 0 Å². The lowest BCUT2D eigenvalue weighted by molar-refractivity contribution is 0.471. The zero-order chi connectivity index (χ0) is 12.1. The highest BCUT2D eigenvalue weighted by Gasteiger charge is 2.42. The number of pyridine rings is 1. The molecule has 0 saturated carbocycles. The third-order valence-electron chi connectivity index (χ3n) is 4.57. The molecule has 3 nitrogen and oxygen atoms in total. The monoisotopic (exact) mass is 259 g/mol. The fourth-order valence-corrected chi connectivity index (χ4v) is 4.33. The van der Waals surface area contributed by atoms with E-state index in [1.807, 2.05) is 6.20 Å². The van der Waals surface area contributed by atoms with Crippen molar-refractivity contribution in [3.8, 4) is 0 Å². The zero-order valence-electron chi connectivity index (χ0n) is 10.5. The van der Waals surface area contributed by atoms with Crippen LogP contribution in [0.15, 0.2) is 23.7 Å². The second-order valence-corrected chi connectivity index (χ2v) is 6.39. The van der Waals surface area contributed by atoms with Gasteiger partial charge in [-0.2, -0.15) is 0 Å². The molecule has 2 aliphatic rings. The standard InChI is InChI=1S/C14H17N3S/c1-9-12-7-15-6-10(12)8-17(9)14-11-3-5-18-13(11)2-4-16-14/h2-5,9-10,12,15H,6-8H2,1H3. The quantitative estimate of drug-likeness (QED) is 0.852. The van der Waals surface area contributed by atoms with Crippen LogP contribution < -0.4 is 10.2 Å². The molecular weight excluding hydrogens is 242 g/mol. The van der Waals surface area contributed by atoms with Crippen molar-refractivity contribution in [2.45, 2.75) is 13.0 Å². The van der Waals surface area contributed by atoms with E-state index in [1.165, 1.54) is 29.0 Å². The van der Waals surface area contributed by atoms with E-state index in [1.54, 1.807) is 11.3 Å². The van der Waals surface area contributed by atoms with Crippen molar-refractivity contribution < 1.29 is 0 Å². The van der Waals surface area contributed by atoms with Gasteiger partial charge < -0.3 is 10.2 Å². The number of anilines is 1. The Hall–Kier alpha value is -1.13. The third-order valence-corrected chi connectivity index (χ3v) is 5.45. The fraction of sp³-hybridized carbons (Fsp3) is 0.500. The van der Waals surface area contributed by atoms with Crippen LogP contribution in [-0.2, 0) is 0 Å². The molecule has 2 saturated heterocycles. The van der Waals surface area contributed by atoms with Gasteiger partial charge in [-0.25, -0.2) is 4.98 Å². The lowest BCUT2D eigenvalue weighted by Gasteiger charge is -2.26. The maximum absolute atomic E-state index is 4.65. The van der Waals surface area contributed by atoms with E-state index in [9.17, 15) is 0 Å². The van der Waals surface area contributed by atoms with Crippen LogP contribution in [0.2, 0.25) is 0 Å². The van der Waals surface area contributed by atoms with Gasteiger partial charge in [0, 0.05) is 42.0 Å². The molecular formula is C14H17N3S. The van der Waals surface area contributed by atoms with Gasteiger partial charge in [-0.15, -0.1) is 11.3 Å². The van der Waals surface area contributed by atoms with Gasteiger partial charge >= 0.3 is 0 Å². The summed E-state index contributed by atoms with van der Waals surface area (Å²) < 4.78 is 1.35. The zero-order valence-corrected chi connectivity index (χ0v) is 11.3. The summed E-state index contributed by atoms with van der Waals surface area (Å²) in [5.74, 6) is 2.78. The molecule has 2 fully saturated rings. The fourth-order valence-electron chi connectivity index (χ4n) is 3.56. The predicted molar refractivity (Wildman–Crippen MR) is 76.3 cm³/mol. The molecule has 2 aliphatic heterocycles. The summed E-state index contributed by atoms with van der Waals surface area (Å²) in [5, 5.41) is 7.00. The molecule has 0 bridgehead atoms. The van der Waals surface area contributed by atoms with Crippen molar-refractivity contribution in [3.63, 3.8) is 0 Å². The Kier molecular flexibility index (Phi) is 2.35. The number of nitrogens with one attached hydrogen (secondary N) is 1. The van der Waals surface area contributed by atoms with E-state index in [0.717, 1.165) is 18.4 Å². The lowest BCUT2D eigenvalue weighted by Crippen LogP contribution is -2.33. The van der Waals surface area contributed by atoms with Gasteiger partial charge in [0.15, 0.2) is 0 Å². The van der Waals surface area contributed by atoms with Crippen LogP contribution in [0.25, 0.3) is 10.1 Å². The molecule has 0 spiro atoms. The molecule has 4 heterocycles. The van der Waals surface area contributed by atoms with Crippen LogP contribution >= 0.6 is 11.3 Å². The third kappa shape index (κ3) is 1.42. The minimum atomic E-state index is 0.600. The Morgan fingerprint density at radius 1 is 1.39 bits per heavy atom. The van der Waals surface area contributed by atoms with Gasteiger partial charge in [0.1, 0.15) is 5.82 Å². The van der Waals surface area contributed by atoms with Crippen molar-refractivity contribution in [2.24, 2.45) is 11.8 Å². The van der Waals surface area contributed by atoms with Crippen molar-refractivity contribution >= 4 is 27.2 Å². The molecule has 0 radical (unpaired) electrons. The van der Waals surface area contributed by atoms with E-state index in [0.29, 0.717) is 6.04 Å². The molecule has 0 aliphatic carbocycles. The van der Waals surface area contributed by atoms with Crippen molar-refractivity contribution in [1.82, 2.24) is 10.3 Å². The minimum absolute atomic E-state index is 0.600. The molecule has 3 unspecified atom stereocenters. The Morgan fingerprint density at radius 3 is 3.22 bits per heavy atom. The van der Waals surface area contributed by atoms with Crippen molar-refractivity contribution in [3.05, 3.63) is 23.7 Å². The van der Waals surface area contributed by atoms with Gasteiger partial charge in [0.25, 0.3) is 0 Å². The Morgan fingerprint density at radius 2 is 2.33 bits per heavy atom. The van der Waals surface area contributed by atoms with Crippen LogP contribution in [-0.4, -0.2) is 30.7 Å². The Bertz CT molecular complexity index is 579. The Balaban J connectivity index is 1.77. The first-order valence-electron chi connectivity index (χ1n) is 6.64. The van der Waals surface area contributed by atoms with E-state index >= 15 is 0 Å². The van der Waals surface area contributed by atoms with Crippen molar-refractivity contribution in [2.75, 3.05) is 24.5 Å². The molecule has 4 heteroatoms. The number of hydrogen-bond acceptors (Lipinski definition) is 4. The van der Waals surface area contributed by atoms with Crippen LogP contribution in [0.5, 0.6) is 0 Å². The molecule has 94 valence electrons. The van der Waals surface area contributed by atoms with Crippen molar-refractivity contribution in [1.29, 1.82) is 0 Å². The number of aromatic nitrogens is 1. The maximum atomic E-state index is 4.65. The first kappa shape index (κ1) is 10.8. The summed E-state index contributed by atoms with van der Waals surface area (Å²) in [6.45, 7) is 5.85. The molecule has 0 amide bonds. The van der Waals surface area contributed by atoms with Crippen LogP contribution in [0.4, 0.5) is 5.82 Å². The molecule has 2 aromatic rings. The van der Waals surface area contributed by atoms with Crippen LogP contribution in [0.3, 0.4) is 0 Å². The average Bonchev–Trinajstić information content (AvgIpc) is 3.06. The predicted octanol–water partition coefficient (Wildman–Crippen LogP) is 2.34. The molecule has 1 N–H and O–H groups in total. The SMILES string of the molecule is CC1C2CNCC2CN1c1nccc2sccc12. The molecule has 2 aromatic heterocycles. The van der Waals surface area contributed by atoms with E-state index in [2.05, 4.69) is 39.6 Å². The summed E-state index contributed by atoms with van der Waals surface area (Å²) in [6, 6.07) is 4.93. The van der Waals surface area contributed by atoms with E-state index in [-0.39, 0.29) is 0 Å². The van der Waals surface area contributed by atoms with Gasteiger partial charge in [-0.3, -0.25) is 0 Å². The number of rotatable bonds is 1. The minimum Gasteiger partial charge on any atom is -0.353 e. The van der Waals surface area contributed by atoms with Crippen LogP contribution in [0.1, 0.15) is 6.92 Å². The summed E-state index contributed by atoms with van der Waals surface area (Å²) in [7, 11) is 0. The number of nitrogens with zero attached hydrogens (tertiary/aromatic N) is 2. The second-order valence-electron chi connectivity index (χ2n) is 5.44. The summed E-state index contributed by atoms with van der Waals surface area (Å²) in [4.78, 5) is 7.17. The highest BCUT2D eigenvalue weighted by Crippen LogP contribution is 2.38. The van der Waals surface area contributed by atoms with Gasteiger partial charge in [-0.1, -0.05) is 0 Å². The summed E-state index contributed by atoms with van der Waals surface area (Å²) in [6.07, 6.45) is 1.95. The highest BCUT2D eigenvalue weighted by molar-refractivity contribution is 7.17. The number of fused-ring (bicyclic) bond motifs is 2. The second kappa shape index (κ2) is 3.93. The van der Waals surface area contributed by atoms with Crippen LogP contribution in [0, 0.1) is 11.8 Å². The first-order chi connectivity index (χ1) is 8.84. The summed E-state index contributed by atoms with van der Waals surface area (Å²) >= 11 is 1.80. The van der Waals surface area contributed by atoms with Gasteiger partial charge in [0.2, 0.25) is 0 Å². The molecule has 0 aromatic carbocycles. The van der Waals surface area contributed by atoms with Gasteiger partial charge in [-0.05, 0) is 36.3 Å². The largest absolute Gasteiger partial charge is 0.353 e. The summed E-state index contributed by atoms with van der Waals surface area (Å²) in [5.41, 5.74) is 0. The maximum Gasteiger partial charge on any atom is 0.137 e.